The number of sulfonamides is 2. The maximum Gasteiger partial charge on any atom is 0.261 e. The molecule has 1 aliphatic heterocycles. The van der Waals surface area contributed by atoms with Gasteiger partial charge in [0.1, 0.15) is 0 Å². The number of likely N-dealkylation sites (tertiary alicyclic amines) is 1. The van der Waals surface area contributed by atoms with Gasteiger partial charge in [-0.15, -0.1) is 11.8 Å². The lowest BCUT2D eigenvalue weighted by Crippen LogP contribution is -2.36. The first-order valence-electron chi connectivity index (χ1n) is 11.5. The van der Waals surface area contributed by atoms with Crippen molar-refractivity contribution in [2.75, 3.05) is 28.8 Å². The predicted octanol–water partition coefficient (Wildman–Crippen LogP) is 5.29. The van der Waals surface area contributed by atoms with E-state index >= 15 is 0 Å². The van der Waals surface area contributed by atoms with Gasteiger partial charge in [-0.3, -0.25) is 14.2 Å². The Bertz CT molecular complexity index is 1500. The van der Waals surface area contributed by atoms with Crippen LogP contribution in [0.4, 0.5) is 11.4 Å². The van der Waals surface area contributed by atoms with E-state index in [1.807, 2.05) is 6.26 Å². The minimum Gasteiger partial charge on any atom is -0.339 e. The van der Waals surface area contributed by atoms with Gasteiger partial charge in [0.25, 0.3) is 26.0 Å². The van der Waals surface area contributed by atoms with Crippen LogP contribution in [0.2, 0.25) is 5.02 Å². The molecule has 1 amide bonds. The summed E-state index contributed by atoms with van der Waals surface area (Å²) in [5.74, 6) is -0.179. The summed E-state index contributed by atoms with van der Waals surface area (Å²) in [6.45, 7) is 1.31. The van der Waals surface area contributed by atoms with E-state index in [1.54, 1.807) is 29.2 Å². The molecule has 4 rings (SSSR count). The molecule has 3 aromatic carbocycles. The van der Waals surface area contributed by atoms with Crippen molar-refractivity contribution in [3.8, 4) is 0 Å². The van der Waals surface area contributed by atoms with Crippen molar-refractivity contribution in [2.24, 2.45) is 0 Å². The van der Waals surface area contributed by atoms with E-state index in [4.69, 9.17) is 11.6 Å². The van der Waals surface area contributed by atoms with Crippen molar-refractivity contribution in [1.29, 1.82) is 0 Å². The Balaban J connectivity index is 1.54. The van der Waals surface area contributed by atoms with E-state index in [1.165, 1.54) is 54.2 Å². The zero-order valence-corrected chi connectivity index (χ0v) is 23.2. The largest absolute Gasteiger partial charge is 0.339 e. The highest BCUT2D eigenvalue weighted by atomic mass is 35.5. The van der Waals surface area contributed by atoms with E-state index in [9.17, 15) is 21.6 Å². The van der Waals surface area contributed by atoms with Crippen molar-refractivity contribution in [3.63, 3.8) is 0 Å². The van der Waals surface area contributed by atoms with Gasteiger partial charge in [-0.05, 0) is 80.1 Å². The number of benzene rings is 3. The standard InChI is InChI=1S/C25H26ClN3O5S3/c1-35-24-14-13-20(17-21(24)25(30)29-15-5-2-6-16-29)37(33,34)27-18-9-11-19(12-10-18)36(31,32)28-23-8-4-3-7-22(23)26/h3-4,7-14,17,27-28H,2,5-6,15-16H2,1H3. The third kappa shape index (κ3) is 6.40. The number of halogens is 1. The lowest BCUT2D eigenvalue weighted by atomic mass is 10.1. The first-order valence-corrected chi connectivity index (χ1v) is 16.1. The molecule has 2 N–H and O–H groups in total. The van der Waals surface area contributed by atoms with Crippen LogP contribution in [-0.2, 0) is 20.0 Å². The fourth-order valence-electron chi connectivity index (χ4n) is 3.95. The average molecular weight is 580 g/mol. The molecule has 1 fully saturated rings. The number of carbonyl (C=O) groups excluding carboxylic acids is 1. The smallest absolute Gasteiger partial charge is 0.261 e. The van der Waals surface area contributed by atoms with Crippen molar-refractivity contribution in [1.82, 2.24) is 4.90 Å². The van der Waals surface area contributed by atoms with Gasteiger partial charge < -0.3 is 4.90 Å². The van der Waals surface area contributed by atoms with Crippen LogP contribution in [0.5, 0.6) is 0 Å². The lowest BCUT2D eigenvalue weighted by Gasteiger charge is -2.27. The number of carbonyl (C=O) groups is 1. The molecule has 37 heavy (non-hydrogen) atoms. The summed E-state index contributed by atoms with van der Waals surface area (Å²) in [6.07, 6.45) is 4.78. The normalized spacial score (nSPS) is 14.3. The van der Waals surface area contributed by atoms with Gasteiger partial charge in [0.15, 0.2) is 0 Å². The zero-order chi connectivity index (χ0) is 26.6. The SMILES string of the molecule is CSc1ccc(S(=O)(=O)Nc2ccc(S(=O)(=O)Nc3ccccc3Cl)cc2)cc1C(=O)N1CCCCC1. The molecule has 196 valence electrons. The second kappa shape index (κ2) is 11.3. The fourth-order valence-corrected chi connectivity index (χ4v) is 6.93. The van der Waals surface area contributed by atoms with Gasteiger partial charge in [0.2, 0.25) is 0 Å². The summed E-state index contributed by atoms with van der Waals surface area (Å²) in [4.78, 5) is 15.5. The summed E-state index contributed by atoms with van der Waals surface area (Å²) >= 11 is 7.42. The first kappa shape index (κ1) is 27.3. The summed E-state index contributed by atoms with van der Waals surface area (Å²) in [5, 5.41) is 0.251. The maximum atomic E-state index is 13.1. The summed E-state index contributed by atoms with van der Waals surface area (Å²) < 4.78 is 56.6. The van der Waals surface area contributed by atoms with Crippen LogP contribution in [0, 0.1) is 0 Å². The second-order valence-corrected chi connectivity index (χ2v) is 13.1. The molecule has 1 aliphatic rings. The first-order chi connectivity index (χ1) is 17.6. The summed E-state index contributed by atoms with van der Waals surface area (Å²) in [5.41, 5.74) is 0.761. The Kier molecular flexibility index (Phi) is 8.37. The van der Waals surface area contributed by atoms with Gasteiger partial charge in [-0.1, -0.05) is 23.7 Å². The monoisotopic (exact) mass is 579 g/mol. The zero-order valence-electron chi connectivity index (χ0n) is 20.0. The second-order valence-electron chi connectivity index (χ2n) is 8.43. The number of thioether (sulfide) groups is 1. The molecule has 0 atom stereocenters. The number of piperidine rings is 1. The maximum absolute atomic E-state index is 13.1. The van der Waals surface area contributed by atoms with Gasteiger partial charge in [-0.25, -0.2) is 16.8 Å². The van der Waals surface area contributed by atoms with Crippen molar-refractivity contribution < 1.29 is 21.6 Å². The molecule has 0 bridgehead atoms. The van der Waals surface area contributed by atoms with Gasteiger partial charge in [0, 0.05) is 23.7 Å². The fraction of sp³-hybridized carbons (Fsp3) is 0.240. The van der Waals surface area contributed by atoms with Crippen LogP contribution >= 0.6 is 23.4 Å². The molecule has 0 spiro atoms. The molecule has 12 heteroatoms. The van der Waals surface area contributed by atoms with E-state index in [-0.39, 0.29) is 32.1 Å². The number of para-hydroxylation sites is 1. The van der Waals surface area contributed by atoms with Crippen LogP contribution in [0.15, 0.2) is 81.4 Å². The highest BCUT2D eigenvalue weighted by molar-refractivity contribution is 7.98. The molecule has 0 aromatic heterocycles. The van der Waals surface area contributed by atoms with Crippen molar-refractivity contribution >= 4 is 60.7 Å². The Hall–Kier alpha value is -2.73. The quantitative estimate of drug-likeness (QED) is 0.351. The number of nitrogens with zero attached hydrogens (tertiary/aromatic N) is 1. The van der Waals surface area contributed by atoms with Crippen LogP contribution < -0.4 is 9.44 Å². The minimum atomic E-state index is -4.04. The van der Waals surface area contributed by atoms with E-state index in [2.05, 4.69) is 9.44 Å². The van der Waals surface area contributed by atoms with E-state index < -0.39 is 20.0 Å². The van der Waals surface area contributed by atoms with Crippen LogP contribution in [-0.4, -0.2) is 47.0 Å². The molecule has 0 radical (unpaired) electrons. The minimum absolute atomic E-state index is 0.0530. The molecule has 0 saturated carbocycles. The molecule has 1 saturated heterocycles. The molecule has 1 heterocycles. The highest BCUT2D eigenvalue weighted by Crippen LogP contribution is 2.28. The Morgan fingerprint density at radius 2 is 1.46 bits per heavy atom. The number of amides is 1. The number of hydrogen-bond acceptors (Lipinski definition) is 6. The third-order valence-corrected chi connectivity index (χ3v) is 9.78. The van der Waals surface area contributed by atoms with E-state index in [0.717, 1.165) is 19.3 Å². The predicted molar refractivity (Wildman–Crippen MR) is 147 cm³/mol. The van der Waals surface area contributed by atoms with Gasteiger partial charge in [-0.2, -0.15) is 0 Å². The lowest BCUT2D eigenvalue weighted by molar-refractivity contribution is 0.0720. The molecular weight excluding hydrogens is 554 g/mol. The molecule has 8 nitrogen and oxygen atoms in total. The molecule has 0 aliphatic carbocycles. The average Bonchev–Trinajstić information content (AvgIpc) is 2.89. The van der Waals surface area contributed by atoms with Crippen LogP contribution in [0.1, 0.15) is 29.6 Å². The number of anilines is 2. The molecular formula is C25H26ClN3O5S3. The number of nitrogens with one attached hydrogen (secondary N) is 2. The van der Waals surface area contributed by atoms with Crippen molar-refractivity contribution in [3.05, 3.63) is 77.3 Å². The summed E-state index contributed by atoms with van der Waals surface area (Å²) in [6, 6.07) is 16.2. The Morgan fingerprint density at radius 3 is 2.11 bits per heavy atom. The van der Waals surface area contributed by atoms with Gasteiger partial charge >= 0.3 is 0 Å². The topological polar surface area (TPSA) is 113 Å². The Labute approximate surface area is 226 Å². The number of hydrogen-bond donors (Lipinski definition) is 2. The third-order valence-electron chi connectivity index (χ3n) is 5.89. The van der Waals surface area contributed by atoms with Crippen molar-refractivity contribution in [2.45, 2.75) is 33.9 Å². The van der Waals surface area contributed by atoms with Crippen LogP contribution in [0.3, 0.4) is 0 Å². The highest BCUT2D eigenvalue weighted by Gasteiger charge is 2.24. The van der Waals surface area contributed by atoms with Crippen LogP contribution in [0.25, 0.3) is 0 Å². The summed E-state index contributed by atoms with van der Waals surface area (Å²) in [7, 11) is -7.98. The van der Waals surface area contributed by atoms with E-state index in [0.29, 0.717) is 23.5 Å². The Morgan fingerprint density at radius 1 is 0.838 bits per heavy atom. The number of rotatable bonds is 8. The molecule has 3 aromatic rings. The van der Waals surface area contributed by atoms with Gasteiger partial charge in [0.05, 0.1) is 26.1 Å². The molecule has 0 unspecified atom stereocenters.